The lowest BCUT2D eigenvalue weighted by Crippen LogP contribution is -2.45. The molecule has 1 aliphatic carbocycles. The standard InChI is InChI=1S/C16H27N3O2/c1-10(14-8-6-5-7-9-14)17-16(20)18-11(2)15-12(3)19-21-13(15)4/h10-11,14H,5-9H2,1-4H3,(H2,17,18,20)/t10-,11+/m1/s1. The van der Waals surface area contributed by atoms with Crippen molar-refractivity contribution in [2.75, 3.05) is 0 Å². The van der Waals surface area contributed by atoms with Crippen LogP contribution in [0, 0.1) is 19.8 Å². The Bertz CT molecular complexity index is 458. The van der Waals surface area contributed by atoms with Gasteiger partial charge in [0.05, 0.1) is 11.7 Å². The maximum absolute atomic E-state index is 12.2. The van der Waals surface area contributed by atoms with E-state index >= 15 is 0 Å². The number of hydrogen-bond donors (Lipinski definition) is 2. The quantitative estimate of drug-likeness (QED) is 0.891. The third kappa shape index (κ3) is 3.99. The molecule has 2 amide bonds. The van der Waals surface area contributed by atoms with E-state index < -0.39 is 0 Å². The van der Waals surface area contributed by atoms with Crippen LogP contribution in [0.25, 0.3) is 0 Å². The number of amides is 2. The van der Waals surface area contributed by atoms with Crippen LogP contribution in [-0.2, 0) is 0 Å². The third-order valence-electron chi connectivity index (χ3n) is 4.58. The first-order valence-corrected chi connectivity index (χ1v) is 7.98. The van der Waals surface area contributed by atoms with Crippen molar-refractivity contribution >= 4 is 6.03 Å². The molecular weight excluding hydrogens is 266 g/mol. The van der Waals surface area contributed by atoms with Gasteiger partial charge in [-0.2, -0.15) is 0 Å². The molecule has 0 unspecified atom stereocenters. The number of rotatable bonds is 4. The number of urea groups is 1. The average Bonchev–Trinajstić information content (AvgIpc) is 2.78. The Kier molecular flexibility index (Phi) is 5.26. The Balaban J connectivity index is 1.86. The monoisotopic (exact) mass is 293 g/mol. The molecule has 2 rings (SSSR count). The van der Waals surface area contributed by atoms with Crippen LogP contribution in [0.3, 0.4) is 0 Å². The predicted molar refractivity (Wildman–Crippen MR) is 82.1 cm³/mol. The lowest BCUT2D eigenvalue weighted by atomic mass is 9.85. The van der Waals surface area contributed by atoms with Crippen molar-refractivity contribution in [1.29, 1.82) is 0 Å². The topological polar surface area (TPSA) is 67.2 Å². The van der Waals surface area contributed by atoms with Gasteiger partial charge in [0.15, 0.2) is 0 Å². The van der Waals surface area contributed by atoms with E-state index in [1.54, 1.807) is 0 Å². The molecule has 2 N–H and O–H groups in total. The minimum Gasteiger partial charge on any atom is -0.361 e. The van der Waals surface area contributed by atoms with E-state index in [0.29, 0.717) is 5.92 Å². The second kappa shape index (κ2) is 6.96. The van der Waals surface area contributed by atoms with Crippen LogP contribution in [0.4, 0.5) is 4.79 Å². The van der Waals surface area contributed by atoms with E-state index in [0.717, 1.165) is 17.0 Å². The van der Waals surface area contributed by atoms with Gasteiger partial charge >= 0.3 is 6.03 Å². The normalized spacial score (nSPS) is 19.0. The zero-order valence-corrected chi connectivity index (χ0v) is 13.5. The van der Waals surface area contributed by atoms with Crippen LogP contribution in [0.1, 0.15) is 69.0 Å². The highest BCUT2D eigenvalue weighted by atomic mass is 16.5. The van der Waals surface area contributed by atoms with E-state index in [1.165, 1.54) is 32.1 Å². The Labute approximate surface area is 126 Å². The lowest BCUT2D eigenvalue weighted by Gasteiger charge is -2.28. The molecule has 1 fully saturated rings. The Morgan fingerprint density at radius 1 is 1.19 bits per heavy atom. The van der Waals surface area contributed by atoms with Gasteiger partial charge in [0, 0.05) is 11.6 Å². The molecule has 1 aromatic rings. The summed E-state index contributed by atoms with van der Waals surface area (Å²) in [5.41, 5.74) is 1.80. The van der Waals surface area contributed by atoms with E-state index in [4.69, 9.17) is 4.52 Å². The smallest absolute Gasteiger partial charge is 0.315 e. The van der Waals surface area contributed by atoms with Crippen molar-refractivity contribution < 1.29 is 9.32 Å². The van der Waals surface area contributed by atoms with Gasteiger partial charge in [-0.15, -0.1) is 0 Å². The van der Waals surface area contributed by atoms with Gasteiger partial charge in [-0.3, -0.25) is 0 Å². The first-order chi connectivity index (χ1) is 9.99. The fourth-order valence-corrected chi connectivity index (χ4v) is 3.38. The highest BCUT2D eigenvalue weighted by Crippen LogP contribution is 2.26. The zero-order chi connectivity index (χ0) is 15.4. The van der Waals surface area contributed by atoms with Crippen molar-refractivity contribution in [1.82, 2.24) is 15.8 Å². The maximum Gasteiger partial charge on any atom is 0.315 e. The van der Waals surface area contributed by atoms with E-state index in [1.807, 2.05) is 20.8 Å². The Hall–Kier alpha value is -1.52. The van der Waals surface area contributed by atoms with Gasteiger partial charge < -0.3 is 15.2 Å². The SMILES string of the molecule is Cc1noc(C)c1[C@H](C)NC(=O)N[C@H](C)C1CCCCC1. The summed E-state index contributed by atoms with van der Waals surface area (Å²) in [7, 11) is 0. The van der Waals surface area contributed by atoms with Gasteiger partial charge in [0.2, 0.25) is 0 Å². The van der Waals surface area contributed by atoms with Crippen LogP contribution in [0.2, 0.25) is 0 Å². The minimum absolute atomic E-state index is 0.102. The Morgan fingerprint density at radius 3 is 2.43 bits per heavy atom. The summed E-state index contributed by atoms with van der Waals surface area (Å²) in [6.45, 7) is 7.83. The summed E-state index contributed by atoms with van der Waals surface area (Å²) in [6.07, 6.45) is 6.35. The van der Waals surface area contributed by atoms with Crippen molar-refractivity contribution in [3.63, 3.8) is 0 Å². The summed E-state index contributed by atoms with van der Waals surface area (Å²) < 4.78 is 5.15. The fraction of sp³-hybridized carbons (Fsp3) is 0.750. The number of carbonyl (C=O) groups is 1. The largest absolute Gasteiger partial charge is 0.361 e. The summed E-state index contributed by atoms with van der Waals surface area (Å²) in [6, 6.07) is 0.0116. The molecule has 0 radical (unpaired) electrons. The van der Waals surface area contributed by atoms with Gasteiger partial charge in [-0.25, -0.2) is 4.79 Å². The second-order valence-corrected chi connectivity index (χ2v) is 6.26. The molecule has 2 atom stereocenters. The van der Waals surface area contributed by atoms with Crippen LogP contribution in [-0.4, -0.2) is 17.2 Å². The summed E-state index contributed by atoms with van der Waals surface area (Å²) >= 11 is 0. The number of carbonyl (C=O) groups excluding carboxylic acids is 1. The second-order valence-electron chi connectivity index (χ2n) is 6.26. The summed E-state index contributed by atoms with van der Waals surface area (Å²) in [4.78, 5) is 12.2. The number of nitrogens with zero attached hydrogens (tertiary/aromatic N) is 1. The molecule has 0 bridgehead atoms. The average molecular weight is 293 g/mol. The van der Waals surface area contributed by atoms with Gasteiger partial charge in [0.1, 0.15) is 5.76 Å². The molecule has 0 spiro atoms. The van der Waals surface area contributed by atoms with Gasteiger partial charge in [-0.1, -0.05) is 24.4 Å². The Morgan fingerprint density at radius 2 is 1.86 bits per heavy atom. The van der Waals surface area contributed by atoms with Crippen molar-refractivity contribution in [2.45, 2.75) is 71.9 Å². The fourth-order valence-electron chi connectivity index (χ4n) is 3.38. The van der Waals surface area contributed by atoms with Crippen molar-refractivity contribution in [3.8, 4) is 0 Å². The number of hydrogen-bond acceptors (Lipinski definition) is 3. The molecule has 21 heavy (non-hydrogen) atoms. The van der Waals surface area contributed by atoms with Gasteiger partial charge in [0.25, 0.3) is 0 Å². The molecule has 1 saturated carbocycles. The molecule has 5 heteroatoms. The molecule has 1 heterocycles. The van der Waals surface area contributed by atoms with E-state index in [2.05, 4.69) is 22.7 Å². The summed E-state index contributed by atoms with van der Waals surface area (Å²) in [5, 5.41) is 10.00. The first kappa shape index (κ1) is 15.9. The third-order valence-corrected chi connectivity index (χ3v) is 4.58. The summed E-state index contributed by atoms with van der Waals surface area (Å²) in [5.74, 6) is 1.37. The zero-order valence-electron chi connectivity index (χ0n) is 13.5. The van der Waals surface area contributed by atoms with Crippen LogP contribution < -0.4 is 10.6 Å². The highest BCUT2D eigenvalue weighted by Gasteiger charge is 2.23. The highest BCUT2D eigenvalue weighted by molar-refractivity contribution is 5.74. The maximum atomic E-state index is 12.2. The van der Waals surface area contributed by atoms with Crippen molar-refractivity contribution in [2.24, 2.45) is 5.92 Å². The predicted octanol–water partition coefficient (Wildman–Crippen LogP) is 3.62. The first-order valence-electron chi connectivity index (χ1n) is 7.98. The lowest BCUT2D eigenvalue weighted by molar-refractivity contribution is 0.222. The van der Waals surface area contributed by atoms with Crippen LogP contribution in [0.15, 0.2) is 4.52 Å². The number of nitrogens with one attached hydrogen (secondary N) is 2. The molecule has 0 aromatic carbocycles. The van der Waals surface area contributed by atoms with Gasteiger partial charge in [-0.05, 0) is 46.5 Å². The van der Waals surface area contributed by atoms with E-state index in [9.17, 15) is 4.79 Å². The molecule has 1 aromatic heterocycles. The molecule has 1 aliphatic rings. The molecule has 118 valence electrons. The van der Waals surface area contributed by atoms with E-state index in [-0.39, 0.29) is 18.1 Å². The molecular formula is C16H27N3O2. The van der Waals surface area contributed by atoms with Crippen LogP contribution in [0.5, 0.6) is 0 Å². The van der Waals surface area contributed by atoms with Crippen molar-refractivity contribution in [3.05, 3.63) is 17.0 Å². The molecule has 0 aliphatic heterocycles. The number of aryl methyl sites for hydroxylation is 2. The van der Waals surface area contributed by atoms with Crippen LogP contribution >= 0.6 is 0 Å². The molecule has 5 nitrogen and oxygen atoms in total. The molecule has 0 saturated heterocycles. The number of aromatic nitrogens is 1. The minimum atomic E-state index is -0.111.